The Morgan fingerprint density at radius 3 is 2.00 bits per heavy atom. The first-order valence-corrected chi connectivity index (χ1v) is 8.74. The molecule has 0 saturated carbocycles. The smallest absolute Gasteiger partial charge is 0.303 e. The molecular weight excluding hydrogens is 372 g/mol. The van der Waals surface area contributed by atoms with Crippen LogP contribution in [-0.2, 0) is 44.7 Å². The van der Waals surface area contributed by atoms with E-state index >= 15 is 0 Å². The second-order valence-corrected chi connectivity index (χ2v) is 6.29. The molecule has 9 nitrogen and oxygen atoms in total. The highest BCUT2D eigenvalue weighted by Crippen LogP contribution is 2.28. The van der Waals surface area contributed by atoms with Gasteiger partial charge in [0.05, 0.1) is 13.2 Å². The Labute approximate surface area is 162 Å². The molecule has 1 fully saturated rings. The number of esters is 3. The molecule has 0 aliphatic carbocycles. The Kier molecular flexibility index (Phi) is 7.91. The van der Waals surface area contributed by atoms with E-state index in [0.717, 1.165) is 19.4 Å². The zero-order valence-corrected chi connectivity index (χ0v) is 15.9. The monoisotopic (exact) mass is 396 g/mol. The number of aliphatic hydroxyl groups excluding tert-OH is 1. The quantitative estimate of drug-likeness (QED) is 0.525. The van der Waals surface area contributed by atoms with Gasteiger partial charge in [0.15, 0.2) is 24.6 Å². The van der Waals surface area contributed by atoms with E-state index in [0.29, 0.717) is 0 Å². The molecule has 1 heterocycles. The summed E-state index contributed by atoms with van der Waals surface area (Å²) >= 11 is 0. The molecular formula is C19H24O9. The average Bonchev–Trinajstić information content (AvgIpc) is 2.61. The summed E-state index contributed by atoms with van der Waals surface area (Å²) in [4.78, 5) is 34.5. The van der Waals surface area contributed by atoms with Crippen LogP contribution in [0.1, 0.15) is 26.3 Å². The maximum absolute atomic E-state index is 11.6. The van der Waals surface area contributed by atoms with E-state index in [9.17, 15) is 19.5 Å². The molecule has 1 unspecified atom stereocenters. The summed E-state index contributed by atoms with van der Waals surface area (Å²) in [5, 5.41) is 10.3. The van der Waals surface area contributed by atoms with Crippen molar-refractivity contribution in [2.75, 3.05) is 6.61 Å². The molecule has 5 atom stereocenters. The molecule has 0 spiro atoms. The van der Waals surface area contributed by atoms with Gasteiger partial charge in [0.1, 0.15) is 6.10 Å². The van der Waals surface area contributed by atoms with Crippen molar-refractivity contribution in [3.05, 3.63) is 35.9 Å². The summed E-state index contributed by atoms with van der Waals surface area (Å²) in [6, 6.07) is 9.35. The van der Waals surface area contributed by atoms with E-state index in [1.54, 1.807) is 0 Å². The Balaban J connectivity index is 2.16. The predicted octanol–water partition coefficient (Wildman–Crippen LogP) is 0.716. The van der Waals surface area contributed by atoms with Crippen molar-refractivity contribution in [2.24, 2.45) is 0 Å². The third-order valence-corrected chi connectivity index (χ3v) is 3.91. The molecule has 0 radical (unpaired) electrons. The topological polar surface area (TPSA) is 118 Å². The van der Waals surface area contributed by atoms with E-state index in [1.807, 2.05) is 30.3 Å². The highest BCUT2D eigenvalue weighted by atomic mass is 16.7. The van der Waals surface area contributed by atoms with Crippen LogP contribution < -0.4 is 0 Å². The lowest BCUT2D eigenvalue weighted by atomic mass is 9.98. The minimum absolute atomic E-state index is 0.0611. The molecule has 1 aromatic rings. The summed E-state index contributed by atoms with van der Waals surface area (Å²) in [5.74, 6) is -2.07. The maximum atomic E-state index is 11.6. The van der Waals surface area contributed by atoms with Gasteiger partial charge in [-0.05, 0) is 5.56 Å². The van der Waals surface area contributed by atoms with Crippen molar-refractivity contribution < 1.29 is 43.2 Å². The van der Waals surface area contributed by atoms with Crippen LogP contribution >= 0.6 is 0 Å². The van der Waals surface area contributed by atoms with Gasteiger partial charge in [-0.2, -0.15) is 0 Å². The van der Waals surface area contributed by atoms with E-state index in [-0.39, 0.29) is 13.2 Å². The number of ether oxygens (including phenoxy) is 5. The second-order valence-electron chi connectivity index (χ2n) is 6.29. The molecule has 0 amide bonds. The fourth-order valence-electron chi connectivity index (χ4n) is 2.87. The Morgan fingerprint density at radius 1 is 0.893 bits per heavy atom. The lowest BCUT2D eigenvalue weighted by Crippen LogP contribution is -2.62. The van der Waals surface area contributed by atoms with Gasteiger partial charge in [-0.15, -0.1) is 0 Å². The molecule has 1 saturated heterocycles. The van der Waals surface area contributed by atoms with Crippen LogP contribution in [0.3, 0.4) is 0 Å². The van der Waals surface area contributed by atoms with Gasteiger partial charge < -0.3 is 28.8 Å². The van der Waals surface area contributed by atoms with E-state index in [1.165, 1.54) is 6.92 Å². The molecule has 154 valence electrons. The number of hydrogen-bond donors (Lipinski definition) is 1. The Morgan fingerprint density at radius 2 is 1.43 bits per heavy atom. The van der Waals surface area contributed by atoms with Gasteiger partial charge in [-0.1, -0.05) is 30.3 Å². The second kappa shape index (κ2) is 10.2. The molecule has 9 heteroatoms. The normalized spacial score (nSPS) is 26.9. The molecule has 0 aromatic heterocycles. The third kappa shape index (κ3) is 6.29. The minimum Gasteiger partial charge on any atom is -0.456 e. The first kappa shape index (κ1) is 21.8. The van der Waals surface area contributed by atoms with Crippen LogP contribution in [0.5, 0.6) is 0 Å². The minimum atomic E-state index is -1.59. The van der Waals surface area contributed by atoms with E-state index in [4.69, 9.17) is 23.7 Å². The summed E-state index contributed by atoms with van der Waals surface area (Å²) in [7, 11) is 0. The van der Waals surface area contributed by atoms with Crippen molar-refractivity contribution in [3.63, 3.8) is 0 Å². The SMILES string of the molecule is CC(=O)O[C@H]1[C@H](OC(C)=O)[C@@H](OC(C)=O)C(O)O[C@@H]1COCc1ccccc1. The zero-order valence-electron chi connectivity index (χ0n) is 15.9. The van der Waals surface area contributed by atoms with Crippen molar-refractivity contribution in [1.82, 2.24) is 0 Å². The number of carbonyl (C=O) groups excluding carboxylic acids is 3. The van der Waals surface area contributed by atoms with Crippen LogP contribution in [0, 0.1) is 0 Å². The summed E-state index contributed by atoms with van der Waals surface area (Å²) in [6.45, 7) is 3.66. The van der Waals surface area contributed by atoms with Crippen molar-refractivity contribution in [2.45, 2.75) is 58.1 Å². The summed E-state index contributed by atoms with van der Waals surface area (Å²) in [6.07, 6.45) is -6.27. The van der Waals surface area contributed by atoms with E-state index < -0.39 is 48.6 Å². The van der Waals surface area contributed by atoms with Crippen LogP contribution in [0.2, 0.25) is 0 Å². The highest BCUT2D eigenvalue weighted by molar-refractivity contribution is 5.68. The van der Waals surface area contributed by atoms with Gasteiger partial charge in [0.25, 0.3) is 0 Å². The van der Waals surface area contributed by atoms with Gasteiger partial charge in [-0.25, -0.2) is 0 Å². The van der Waals surface area contributed by atoms with Crippen LogP contribution in [-0.4, -0.2) is 60.3 Å². The van der Waals surface area contributed by atoms with Gasteiger partial charge in [0.2, 0.25) is 0 Å². The predicted molar refractivity (Wildman–Crippen MR) is 93.6 cm³/mol. The van der Waals surface area contributed by atoms with Gasteiger partial charge in [0, 0.05) is 20.8 Å². The molecule has 1 aromatic carbocycles. The first-order chi connectivity index (χ1) is 13.3. The lowest BCUT2D eigenvalue weighted by Gasteiger charge is -2.42. The van der Waals surface area contributed by atoms with Crippen molar-refractivity contribution in [1.29, 1.82) is 0 Å². The van der Waals surface area contributed by atoms with Gasteiger partial charge in [-0.3, -0.25) is 14.4 Å². The molecule has 28 heavy (non-hydrogen) atoms. The number of carbonyl (C=O) groups is 3. The Hall–Kier alpha value is -2.49. The Bertz CT molecular complexity index is 675. The molecule has 1 aliphatic rings. The van der Waals surface area contributed by atoms with Gasteiger partial charge >= 0.3 is 17.9 Å². The summed E-state index contributed by atoms with van der Waals surface area (Å²) in [5.41, 5.74) is 0.914. The number of aliphatic hydroxyl groups is 1. The highest BCUT2D eigenvalue weighted by Gasteiger charge is 2.51. The fourth-order valence-corrected chi connectivity index (χ4v) is 2.87. The van der Waals surface area contributed by atoms with Crippen LogP contribution in [0.25, 0.3) is 0 Å². The number of rotatable bonds is 7. The lowest BCUT2D eigenvalue weighted by molar-refractivity contribution is -0.297. The largest absolute Gasteiger partial charge is 0.456 e. The van der Waals surface area contributed by atoms with E-state index in [2.05, 4.69) is 0 Å². The van der Waals surface area contributed by atoms with Crippen molar-refractivity contribution >= 4 is 17.9 Å². The average molecular weight is 396 g/mol. The molecule has 0 bridgehead atoms. The fraction of sp³-hybridized carbons (Fsp3) is 0.526. The molecule has 1 N–H and O–H groups in total. The maximum Gasteiger partial charge on any atom is 0.303 e. The summed E-state index contributed by atoms with van der Waals surface area (Å²) < 4.78 is 26.5. The third-order valence-electron chi connectivity index (χ3n) is 3.91. The van der Waals surface area contributed by atoms with Crippen molar-refractivity contribution in [3.8, 4) is 0 Å². The van der Waals surface area contributed by atoms with Crippen LogP contribution in [0.15, 0.2) is 30.3 Å². The first-order valence-electron chi connectivity index (χ1n) is 8.74. The molecule has 2 rings (SSSR count). The standard InChI is InChI=1S/C19H24O9/c1-11(20)25-16-15(10-24-9-14-7-5-4-6-8-14)28-19(23)18(27-13(3)22)17(16)26-12(2)21/h4-8,15-19,23H,9-10H2,1-3H3/t15-,16-,17+,18-,19?/m1/s1. The number of hydrogen-bond acceptors (Lipinski definition) is 9. The number of benzene rings is 1. The zero-order chi connectivity index (χ0) is 20.7. The van der Waals surface area contributed by atoms with Crippen LogP contribution in [0.4, 0.5) is 0 Å². The molecule has 1 aliphatic heterocycles.